The Morgan fingerprint density at radius 1 is 1.00 bits per heavy atom. The first-order chi connectivity index (χ1) is 9.47. The van der Waals surface area contributed by atoms with Gasteiger partial charge in [0, 0.05) is 37.1 Å². The average molecular weight is 276 g/mol. The SMILES string of the molecule is CC(Nc1ccc(N(C)C)cc1)c1ccc(F)cc1F. The van der Waals surface area contributed by atoms with E-state index in [1.165, 1.54) is 12.1 Å². The molecular formula is C16H18F2N2. The van der Waals surface area contributed by atoms with Gasteiger partial charge in [0.15, 0.2) is 0 Å². The van der Waals surface area contributed by atoms with Gasteiger partial charge < -0.3 is 10.2 Å². The van der Waals surface area contributed by atoms with E-state index in [9.17, 15) is 8.78 Å². The molecule has 0 spiro atoms. The molecule has 0 fully saturated rings. The van der Waals surface area contributed by atoms with Gasteiger partial charge in [-0.25, -0.2) is 8.78 Å². The van der Waals surface area contributed by atoms with E-state index >= 15 is 0 Å². The minimum atomic E-state index is -0.561. The number of hydrogen-bond acceptors (Lipinski definition) is 2. The lowest BCUT2D eigenvalue weighted by molar-refractivity contribution is 0.566. The van der Waals surface area contributed by atoms with Crippen molar-refractivity contribution < 1.29 is 8.78 Å². The van der Waals surface area contributed by atoms with Crippen LogP contribution in [0.5, 0.6) is 0 Å². The predicted molar refractivity (Wildman–Crippen MR) is 79.2 cm³/mol. The molecule has 0 aromatic heterocycles. The molecule has 2 rings (SSSR count). The van der Waals surface area contributed by atoms with Gasteiger partial charge >= 0.3 is 0 Å². The van der Waals surface area contributed by atoms with Crippen LogP contribution < -0.4 is 10.2 Å². The van der Waals surface area contributed by atoms with Crippen LogP contribution in [0.4, 0.5) is 20.2 Å². The van der Waals surface area contributed by atoms with Crippen LogP contribution in [0.3, 0.4) is 0 Å². The summed E-state index contributed by atoms with van der Waals surface area (Å²) in [6, 6.07) is 11.2. The molecule has 0 heterocycles. The largest absolute Gasteiger partial charge is 0.378 e. The van der Waals surface area contributed by atoms with Crippen molar-refractivity contribution in [3.05, 3.63) is 59.7 Å². The Morgan fingerprint density at radius 2 is 1.65 bits per heavy atom. The molecule has 0 aliphatic carbocycles. The van der Waals surface area contributed by atoms with E-state index in [0.717, 1.165) is 17.4 Å². The molecule has 0 radical (unpaired) electrons. The third kappa shape index (κ3) is 3.26. The molecule has 2 aromatic rings. The van der Waals surface area contributed by atoms with Crippen molar-refractivity contribution in [3.63, 3.8) is 0 Å². The van der Waals surface area contributed by atoms with E-state index in [-0.39, 0.29) is 6.04 Å². The topological polar surface area (TPSA) is 15.3 Å². The molecule has 2 nitrogen and oxygen atoms in total. The lowest BCUT2D eigenvalue weighted by Crippen LogP contribution is -2.10. The number of hydrogen-bond donors (Lipinski definition) is 1. The maximum atomic E-state index is 13.7. The van der Waals surface area contributed by atoms with Gasteiger partial charge in [-0.1, -0.05) is 6.07 Å². The first kappa shape index (κ1) is 14.3. The smallest absolute Gasteiger partial charge is 0.131 e. The van der Waals surface area contributed by atoms with E-state index in [1.807, 2.05) is 50.2 Å². The van der Waals surface area contributed by atoms with Crippen LogP contribution in [-0.2, 0) is 0 Å². The van der Waals surface area contributed by atoms with Crippen LogP contribution in [-0.4, -0.2) is 14.1 Å². The van der Waals surface area contributed by atoms with Gasteiger partial charge in [0.1, 0.15) is 11.6 Å². The number of nitrogens with zero attached hydrogens (tertiary/aromatic N) is 1. The van der Waals surface area contributed by atoms with E-state index < -0.39 is 11.6 Å². The highest BCUT2D eigenvalue weighted by atomic mass is 19.1. The molecular weight excluding hydrogens is 258 g/mol. The summed E-state index contributed by atoms with van der Waals surface area (Å²) in [6.45, 7) is 1.84. The van der Waals surface area contributed by atoms with E-state index in [4.69, 9.17) is 0 Å². The standard InChI is InChI=1S/C16H18F2N2/c1-11(15-9-4-12(17)10-16(15)18)19-13-5-7-14(8-6-13)20(2)3/h4-11,19H,1-3H3. The van der Waals surface area contributed by atoms with Crippen molar-refractivity contribution in [1.29, 1.82) is 0 Å². The molecule has 20 heavy (non-hydrogen) atoms. The molecule has 0 saturated heterocycles. The first-order valence-electron chi connectivity index (χ1n) is 6.46. The minimum absolute atomic E-state index is 0.235. The number of halogens is 2. The highest BCUT2D eigenvalue weighted by Gasteiger charge is 2.11. The molecule has 0 aliphatic heterocycles. The second-order valence-electron chi connectivity index (χ2n) is 4.97. The minimum Gasteiger partial charge on any atom is -0.378 e. The second-order valence-corrected chi connectivity index (χ2v) is 4.97. The Balaban J connectivity index is 2.12. The van der Waals surface area contributed by atoms with Crippen LogP contribution in [0.2, 0.25) is 0 Å². The zero-order chi connectivity index (χ0) is 14.7. The Morgan fingerprint density at radius 3 is 2.20 bits per heavy atom. The Kier molecular flexibility index (Phi) is 4.23. The first-order valence-corrected chi connectivity index (χ1v) is 6.46. The molecule has 0 aliphatic rings. The molecule has 1 N–H and O–H groups in total. The molecule has 1 unspecified atom stereocenters. The molecule has 0 amide bonds. The second kappa shape index (κ2) is 5.90. The number of anilines is 2. The highest BCUT2D eigenvalue weighted by molar-refractivity contribution is 5.55. The summed E-state index contributed by atoms with van der Waals surface area (Å²) in [5.41, 5.74) is 2.44. The lowest BCUT2D eigenvalue weighted by atomic mass is 10.1. The number of rotatable bonds is 4. The molecule has 0 bridgehead atoms. The van der Waals surface area contributed by atoms with Gasteiger partial charge in [0.2, 0.25) is 0 Å². The van der Waals surface area contributed by atoms with Gasteiger partial charge in [-0.3, -0.25) is 0 Å². The monoisotopic (exact) mass is 276 g/mol. The summed E-state index contributed by atoms with van der Waals surface area (Å²) in [5.74, 6) is -1.09. The van der Waals surface area contributed by atoms with Crippen molar-refractivity contribution in [3.8, 4) is 0 Å². The van der Waals surface area contributed by atoms with Gasteiger partial charge in [-0.15, -0.1) is 0 Å². The highest BCUT2D eigenvalue weighted by Crippen LogP contribution is 2.23. The summed E-state index contributed by atoms with van der Waals surface area (Å²) in [6.07, 6.45) is 0. The molecule has 1 atom stereocenters. The third-order valence-electron chi connectivity index (χ3n) is 3.20. The van der Waals surface area contributed by atoms with Crippen molar-refractivity contribution in [2.45, 2.75) is 13.0 Å². The fraction of sp³-hybridized carbons (Fsp3) is 0.250. The van der Waals surface area contributed by atoms with Crippen molar-refractivity contribution in [2.75, 3.05) is 24.3 Å². The summed E-state index contributed by atoms with van der Waals surface area (Å²) in [4.78, 5) is 2.01. The summed E-state index contributed by atoms with van der Waals surface area (Å²) < 4.78 is 26.6. The van der Waals surface area contributed by atoms with Crippen molar-refractivity contribution in [2.24, 2.45) is 0 Å². The van der Waals surface area contributed by atoms with Crippen LogP contribution in [0.25, 0.3) is 0 Å². The summed E-state index contributed by atoms with van der Waals surface area (Å²) in [5, 5.41) is 3.20. The fourth-order valence-electron chi connectivity index (χ4n) is 2.04. The quantitative estimate of drug-likeness (QED) is 0.900. The van der Waals surface area contributed by atoms with Gasteiger partial charge in [0.05, 0.1) is 6.04 Å². The number of benzene rings is 2. The van der Waals surface area contributed by atoms with E-state index in [2.05, 4.69) is 5.32 Å². The molecule has 0 saturated carbocycles. The van der Waals surface area contributed by atoms with Crippen LogP contribution >= 0.6 is 0 Å². The Hall–Kier alpha value is -2.10. The van der Waals surface area contributed by atoms with Crippen LogP contribution in [0.1, 0.15) is 18.5 Å². The maximum absolute atomic E-state index is 13.7. The molecule has 4 heteroatoms. The lowest BCUT2D eigenvalue weighted by Gasteiger charge is -2.18. The van der Waals surface area contributed by atoms with Gasteiger partial charge in [-0.05, 0) is 37.3 Å². The predicted octanol–water partition coefficient (Wildman–Crippen LogP) is 4.20. The Labute approximate surface area is 118 Å². The summed E-state index contributed by atoms with van der Waals surface area (Å²) in [7, 11) is 3.94. The molecule has 106 valence electrons. The van der Waals surface area contributed by atoms with Crippen molar-refractivity contribution >= 4 is 11.4 Å². The Bertz CT molecular complexity index is 580. The average Bonchev–Trinajstić information content (AvgIpc) is 2.39. The van der Waals surface area contributed by atoms with E-state index in [1.54, 1.807) is 0 Å². The zero-order valence-corrected chi connectivity index (χ0v) is 11.8. The van der Waals surface area contributed by atoms with Crippen LogP contribution in [0, 0.1) is 11.6 Å². The normalized spacial score (nSPS) is 12.1. The zero-order valence-electron chi connectivity index (χ0n) is 11.8. The summed E-state index contributed by atoms with van der Waals surface area (Å²) >= 11 is 0. The van der Waals surface area contributed by atoms with Crippen molar-refractivity contribution in [1.82, 2.24) is 0 Å². The van der Waals surface area contributed by atoms with Gasteiger partial charge in [-0.2, -0.15) is 0 Å². The van der Waals surface area contributed by atoms with Gasteiger partial charge in [0.25, 0.3) is 0 Å². The van der Waals surface area contributed by atoms with Crippen LogP contribution in [0.15, 0.2) is 42.5 Å². The fourth-order valence-corrected chi connectivity index (χ4v) is 2.04. The number of nitrogens with one attached hydrogen (secondary N) is 1. The van der Waals surface area contributed by atoms with E-state index in [0.29, 0.717) is 5.56 Å². The molecule has 2 aromatic carbocycles. The maximum Gasteiger partial charge on any atom is 0.131 e. The third-order valence-corrected chi connectivity index (χ3v) is 3.20.